The van der Waals surface area contributed by atoms with Crippen LogP contribution in [0.1, 0.15) is 77.2 Å². The van der Waals surface area contributed by atoms with Crippen molar-refractivity contribution in [1.29, 1.82) is 5.26 Å². The van der Waals surface area contributed by atoms with Gasteiger partial charge in [-0.2, -0.15) is 18.4 Å². The Kier molecular flexibility index (Phi) is 11.2. The number of amides is 1. The minimum atomic E-state index is -4.65. The van der Waals surface area contributed by atoms with Gasteiger partial charge >= 0.3 is 6.18 Å². The lowest BCUT2D eigenvalue weighted by molar-refractivity contribution is -0.227. The number of carbonyl (C=O) groups is 1. The van der Waals surface area contributed by atoms with Gasteiger partial charge in [0.2, 0.25) is 5.91 Å². The molecule has 7 atom stereocenters. The van der Waals surface area contributed by atoms with Gasteiger partial charge in [-0.1, -0.05) is 25.7 Å². The first-order valence-electron chi connectivity index (χ1n) is 16.5. The standard InChI is InChI=1S/C33H48F5N5O4SSi/c1-19(47-20(2)33(36,37)38)27(42-48(45)30(3,4)5)29-41-23-10-9-21(15-24(23)43(29)18-46-13-14-49(6,7)8)26(31(17-39)11-12-31)25(28(40)44)22-16-32(22,34)35/h9-10,15,19-20,22,25-27,42H,11-14,16,18H2,1-8H3,(H2,40,44)/t19-,20-,22+,25?,26-,27+,48-/m1/s1. The van der Waals surface area contributed by atoms with E-state index >= 15 is 0 Å². The number of carbonyl (C=O) groups excluding carboxylic acids is 1. The second kappa shape index (κ2) is 13.9. The molecule has 2 saturated carbocycles. The van der Waals surface area contributed by atoms with E-state index < -0.39 is 89.7 Å². The van der Waals surface area contributed by atoms with Crippen molar-refractivity contribution in [3.8, 4) is 6.07 Å². The van der Waals surface area contributed by atoms with E-state index in [2.05, 4.69) is 30.4 Å². The third kappa shape index (κ3) is 9.08. The maximum absolute atomic E-state index is 14.5. The van der Waals surface area contributed by atoms with Crippen molar-refractivity contribution >= 4 is 36.0 Å². The summed E-state index contributed by atoms with van der Waals surface area (Å²) < 4.78 is 98.5. The fourth-order valence-electron chi connectivity index (χ4n) is 6.10. The van der Waals surface area contributed by atoms with Crippen LogP contribution in [0.3, 0.4) is 0 Å². The van der Waals surface area contributed by atoms with Crippen molar-refractivity contribution in [2.75, 3.05) is 6.61 Å². The average Bonchev–Trinajstić information content (AvgIpc) is 3.85. The second-order valence-corrected chi connectivity index (χ2v) is 23.4. The van der Waals surface area contributed by atoms with Gasteiger partial charge in [0.25, 0.3) is 5.92 Å². The van der Waals surface area contributed by atoms with Gasteiger partial charge in [0.15, 0.2) is 6.10 Å². The number of hydrogen-bond donors (Lipinski definition) is 2. The van der Waals surface area contributed by atoms with Crippen LogP contribution in [0.4, 0.5) is 22.0 Å². The minimum absolute atomic E-state index is 0.0877. The molecule has 0 aliphatic heterocycles. The smallest absolute Gasteiger partial charge is 0.369 e. The molecule has 1 amide bonds. The molecule has 2 aliphatic rings. The molecule has 2 aliphatic carbocycles. The molecule has 9 nitrogen and oxygen atoms in total. The Morgan fingerprint density at radius 2 is 1.84 bits per heavy atom. The van der Waals surface area contributed by atoms with Crippen molar-refractivity contribution in [3.63, 3.8) is 0 Å². The van der Waals surface area contributed by atoms with Gasteiger partial charge in [0.1, 0.15) is 18.6 Å². The molecule has 2 aromatic rings. The largest absolute Gasteiger partial charge is 0.414 e. The monoisotopic (exact) mass is 733 g/mol. The van der Waals surface area contributed by atoms with Gasteiger partial charge in [-0.25, -0.2) is 22.7 Å². The summed E-state index contributed by atoms with van der Waals surface area (Å²) >= 11 is 0. The lowest BCUT2D eigenvalue weighted by Crippen LogP contribution is -2.43. The topological polar surface area (TPSA) is 132 Å². The Bertz CT molecular complexity index is 1590. The first-order valence-corrected chi connectivity index (χ1v) is 21.3. The number of halogens is 5. The molecule has 49 heavy (non-hydrogen) atoms. The predicted octanol–water partition coefficient (Wildman–Crippen LogP) is 6.94. The fourth-order valence-corrected chi connectivity index (χ4v) is 7.74. The first-order chi connectivity index (χ1) is 22.4. The highest BCUT2D eigenvalue weighted by atomic mass is 32.2. The number of alkyl halides is 5. The maximum Gasteiger partial charge on any atom is 0.414 e. The van der Waals surface area contributed by atoms with Crippen LogP contribution in [0.5, 0.6) is 0 Å². The first kappa shape index (κ1) is 39.3. The Labute approximate surface area is 288 Å². The highest BCUT2D eigenvalue weighted by Gasteiger charge is 2.67. The van der Waals surface area contributed by atoms with Gasteiger partial charge < -0.3 is 19.8 Å². The number of aromatic nitrogens is 2. The number of benzene rings is 1. The third-order valence-corrected chi connectivity index (χ3v) is 12.7. The summed E-state index contributed by atoms with van der Waals surface area (Å²) in [6.45, 7) is 14.3. The van der Waals surface area contributed by atoms with Crippen LogP contribution in [0.15, 0.2) is 18.2 Å². The average molecular weight is 734 g/mol. The van der Waals surface area contributed by atoms with Crippen molar-refractivity contribution in [2.45, 2.75) is 127 Å². The molecule has 1 aromatic carbocycles. The van der Waals surface area contributed by atoms with E-state index in [0.717, 1.165) is 13.0 Å². The number of nitriles is 1. The molecule has 1 unspecified atom stereocenters. The molecule has 0 radical (unpaired) electrons. The third-order valence-electron chi connectivity index (χ3n) is 9.40. The Morgan fingerprint density at radius 1 is 1.22 bits per heavy atom. The number of nitrogens with two attached hydrogens (primary N) is 1. The zero-order valence-electron chi connectivity index (χ0n) is 29.3. The molecule has 3 N–H and O–H groups in total. The van der Waals surface area contributed by atoms with Crippen molar-refractivity contribution in [3.05, 3.63) is 29.6 Å². The van der Waals surface area contributed by atoms with Crippen molar-refractivity contribution in [1.82, 2.24) is 14.3 Å². The number of hydrogen-bond acceptors (Lipinski definition) is 6. The zero-order chi connectivity index (χ0) is 36.9. The van der Waals surface area contributed by atoms with E-state index in [-0.39, 0.29) is 12.6 Å². The normalized spacial score (nSPS) is 22.5. The lowest BCUT2D eigenvalue weighted by Gasteiger charge is -2.31. The van der Waals surface area contributed by atoms with Crippen LogP contribution in [-0.2, 0) is 32.0 Å². The Balaban J connectivity index is 1.88. The quantitative estimate of drug-likeness (QED) is 0.109. The molecule has 1 heterocycles. The molecule has 0 spiro atoms. The molecule has 0 saturated heterocycles. The van der Waals surface area contributed by atoms with Gasteiger partial charge in [-0.15, -0.1) is 0 Å². The van der Waals surface area contributed by atoms with Crippen LogP contribution in [0, 0.1) is 28.6 Å². The molecular formula is C33H48F5N5O4SSi. The van der Waals surface area contributed by atoms with E-state index in [1.54, 1.807) is 43.5 Å². The fraction of sp³-hybridized carbons (Fsp3) is 0.727. The van der Waals surface area contributed by atoms with E-state index in [4.69, 9.17) is 20.2 Å². The molecule has 0 bridgehead atoms. The molecule has 16 heteroatoms. The van der Waals surface area contributed by atoms with Gasteiger partial charge in [0.05, 0.1) is 50.3 Å². The van der Waals surface area contributed by atoms with Crippen molar-refractivity contribution in [2.24, 2.45) is 23.0 Å². The molecule has 4 rings (SSSR count). The summed E-state index contributed by atoms with van der Waals surface area (Å²) in [6, 6.07) is 6.91. The Hall–Kier alpha value is -2.45. The SMILES string of the molecule is C[C@@H](O[C@H](C)C(F)(F)F)[C@H](N[S@](=O)C(C)(C)C)c1nc2ccc([C@H](C(C(N)=O)[C@@H]3CC3(F)F)C3(C#N)CC3)cc2n1COCC[Si](C)(C)C. The number of nitrogens with one attached hydrogen (secondary N) is 1. The minimum Gasteiger partial charge on any atom is -0.369 e. The molecule has 2 fully saturated rings. The number of rotatable bonds is 16. The summed E-state index contributed by atoms with van der Waals surface area (Å²) in [6.07, 6.45) is -7.65. The van der Waals surface area contributed by atoms with E-state index in [9.17, 15) is 36.2 Å². The van der Waals surface area contributed by atoms with Crippen LogP contribution in [-0.4, -0.2) is 63.4 Å². The van der Waals surface area contributed by atoms with Gasteiger partial charge in [-0.05, 0) is 71.2 Å². The predicted molar refractivity (Wildman–Crippen MR) is 179 cm³/mol. The number of primary amides is 1. The molecule has 1 aromatic heterocycles. The van der Waals surface area contributed by atoms with Crippen LogP contribution >= 0.6 is 0 Å². The summed E-state index contributed by atoms with van der Waals surface area (Å²) in [4.78, 5) is 17.6. The van der Waals surface area contributed by atoms with E-state index in [0.29, 0.717) is 36.0 Å². The lowest BCUT2D eigenvalue weighted by atomic mass is 9.72. The maximum atomic E-state index is 14.5. The number of imidazole rings is 1. The van der Waals surface area contributed by atoms with E-state index in [1.165, 1.54) is 6.92 Å². The molecular weight excluding hydrogens is 686 g/mol. The Morgan fingerprint density at radius 3 is 2.31 bits per heavy atom. The number of ether oxygens (including phenoxy) is 2. The summed E-state index contributed by atoms with van der Waals surface area (Å²) in [5.74, 6) is -7.29. The second-order valence-electron chi connectivity index (χ2n) is 15.7. The highest BCUT2D eigenvalue weighted by molar-refractivity contribution is 7.84. The number of fused-ring (bicyclic) bond motifs is 1. The summed E-state index contributed by atoms with van der Waals surface area (Å²) in [7, 11) is -3.28. The summed E-state index contributed by atoms with van der Waals surface area (Å²) in [5, 5.41) is 10.2. The highest BCUT2D eigenvalue weighted by Crippen LogP contribution is 2.65. The molecule has 274 valence electrons. The van der Waals surface area contributed by atoms with Crippen LogP contribution < -0.4 is 10.5 Å². The summed E-state index contributed by atoms with van der Waals surface area (Å²) in [5.41, 5.74) is 5.98. The van der Waals surface area contributed by atoms with Gasteiger partial charge in [-0.3, -0.25) is 4.79 Å². The van der Waals surface area contributed by atoms with E-state index in [1.807, 2.05) is 0 Å². The van der Waals surface area contributed by atoms with Crippen LogP contribution in [0.25, 0.3) is 11.0 Å². The van der Waals surface area contributed by atoms with Crippen LogP contribution in [0.2, 0.25) is 25.7 Å². The van der Waals surface area contributed by atoms with Gasteiger partial charge in [0, 0.05) is 32.9 Å². The zero-order valence-corrected chi connectivity index (χ0v) is 31.1. The van der Waals surface area contributed by atoms with Crippen molar-refractivity contribution < 1.29 is 40.4 Å². The number of nitrogens with zero attached hydrogens (tertiary/aromatic N) is 3.